The molecule has 0 saturated carbocycles. The molecule has 0 aliphatic heterocycles. The molecule has 0 aliphatic carbocycles. The first-order valence-electron chi connectivity index (χ1n) is 14.6. The number of aromatic nitrogens is 1. The number of nitrogens with zero attached hydrogens (tertiary/aromatic N) is 1. The Morgan fingerprint density at radius 3 is 1.92 bits per heavy atom. The Bertz CT molecular complexity index is 718. The number of hydrogen-bond donors (Lipinski definition) is 1. The Morgan fingerprint density at radius 1 is 0.838 bits per heavy atom. The largest absolute Gasteiger partial charge is 0.460 e. The predicted molar refractivity (Wildman–Crippen MR) is 149 cm³/mol. The third-order valence-corrected chi connectivity index (χ3v) is 7.84. The summed E-state index contributed by atoms with van der Waals surface area (Å²) in [5.74, 6) is -0.417. The first-order valence-corrected chi connectivity index (χ1v) is 16.3. The molecule has 1 aromatic rings. The highest BCUT2D eigenvalue weighted by Gasteiger charge is 2.24. The van der Waals surface area contributed by atoms with Gasteiger partial charge in [-0.3, -0.25) is 9.36 Å². The molecule has 2 unspecified atom stereocenters. The first kappa shape index (κ1) is 33.8. The molecule has 8 heteroatoms. The van der Waals surface area contributed by atoms with Gasteiger partial charge in [-0.25, -0.2) is 4.57 Å². The summed E-state index contributed by atoms with van der Waals surface area (Å²) in [6, 6.07) is 5.69. The van der Waals surface area contributed by atoms with Crippen molar-refractivity contribution in [2.24, 2.45) is 0 Å². The van der Waals surface area contributed by atoms with E-state index in [2.05, 4.69) is 6.92 Å². The molecule has 0 aromatic carbocycles. The summed E-state index contributed by atoms with van der Waals surface area (Å²) in [7, 11) is -3.76. The quantitative estimate of drug-likeness (QED) is 0.0620. The Kier molecular flexibility index (Phi) is 20.7. The summed E-state index contributed by atoms with van der Waals surface area (Å²) in [4.78, 5) is 21.6. The molecule has 0 bridgehead atoms. The average molecular weight is 543 g/mol. The summed E-state index contributed by atoms with van der Waals surface area (Å²) < 4.78 is 30.5. The van der Waals surface area contributed by atoms with E-state index in [1.807, 2.05) is 35.2 Å². The Morgan fingerprint density at radius 2 is 1.38 bits per heavy atom. The van der Waals surface area contributed by atoms with Crippen molar-refractivity contribution in [3.8, 4) is 0 Å². The van der Waals surface area contributed by atoms with E-state index in [0.29, 0.717) is 13.2 Å². The predicted octanol–water partition coefficient (Wildman–Crippen LogP) is 7.00. The zero-order valence-electron chi connectivity index (χ0n) is 23.5. The monoisotopic (exact) mass is 542 g/mol. The van der Waals surface area contributed by atoms with Crippen molar-refractivity contribution in [3.63, 3.8) is 0 Å². The number of rotatable bonds is 25. The highest BCUT2D eigenvalue weighted by molar-refractivity contribution is 7.52. The number of carbonyl (C=O) groups is 1. The van der Waals surface area contributed by atoms with Crippen LogP contribution in [-0.2, 0) is 29.9 Å². The maximum Gasteiger partial charge on any atom is 0.328 e. The van der Waals surface area contributed by atoms with Gasteiger partial charge in [0.05, 0.1) is 12.8 Å². The molecule has 0 spiro atoms. The molecule has 1 N–H and O–H groups in total. The van der Waals surface area contributed by atoms with Gasteiger partial charge in [0.15, 0.2) is 18.9 Å². The van der Waals surface area contributed by atoms with E-state index >= 15 is 0 Å². The number of carbonyl (C=O) groups excluding carboxylic acids is 1. The number of ether oxygens (including phenoxy) is 2. The van der Waals surface area contributed by atoms with Crippen molar-refractivity contribution in [2.45, 2.75) is 123 Å². The summed E-state index contributed by atoms with van der Waals surface area (Å²) in [6.07, 6.45) is 21.7. The van der Waals surface area contributed by atoms with Crippen molar-refractivity contribution >= 4 is 13.6 Å². The van der Waals surface area contributed by atoms with Crippen LogP contribution in [0.4, 0.5) is 0 Å². The minimum atomic E-state index is -3.76. The van der Waals surface area contributed by atoms with Crippen molar-refractivity contribution in [1.29, 1.82) is 0 Å². The van der Waals surface area contributed by atoms with E-state index in [0.717, 1.165) is 12.8 Å². The van der Waals surface area contributed by atoms with Crippen LogP contribution in [0, 0.1) is 0 Å². The molecule has 1 rings (SSSR count). The van der Waals surface area contributed by atoms with E-state index in [-0.39, 0.29) is 25.8 Å². The molecule has 214 valence electrons. The van der Waals surface area contributed by atoms with Crippen LogP contribution < -0.4 is 4.57 Å². The van der Waals surface area contributed by atoms with Gasteiger partial charge in [-0.05, 0) is 12.8 Å². The molecule has 0 radical (unpaired) electrons. The highest BCUT2D eigenvalue weighted by atomic mass is 31.2. The van der Waals surface area contributed by atoms with Crippen LogP contribution in [0.3, 0.4) is 0 Å². The van der Waals surface area contributed by atoms with Crippen LogP contribution in [0.15, 0.2) is 30.6 Å². The fraction of sp³-hybridized carbons (Fsp3) is 0.793. The van der Waals surface area contributed by atoms with Gasteiger partial charge in [-0.1, -0.05) is 96.5 Å². The van der Waals surface area contributed by atoms with Gasteiger partial charge in [0.25, 0.3) is 0 Å². The van der Waals surface area contributed by atoms with E-state index < -0.39 is 19.7 Å². The maximum atomic E-state index is 12.4. The molecule has 1 aromatic heterocycles. The molecular formula is C29H53NO6P+. The lowest BCUT2D eigenvalue weighted by atomic mass is 10.0. The molecule has 1 heterocycles. The second-order valence-electron chi connectivity index (χ2n) is 10.00. The Hall–Kier alpha value is -1.27. The Labute approximate surface area is 225 Å². The second-order valence-corrected chi connectivity index (χ2v) is 12.0. The standard InChI is InChI=1S/C29H52NO6P/c1-3-4-5-6-7-8-9-10-11-12-13-14-15-19-24-34-27-29(36-28(2)31)20-26-37(32,33)35-25-23-30-21-17-16-18-22-30/h16-18,21-22,29H,3-15,19-20,23-27H2,1-2H3/p+1. The van der Waals surface area contributed by atoms with Gasteiger partial charge in [-0.2, -0.15) is 0 Å². The van der Waals surface area contributed by atoms with Crippen LogP contribution in [0.25, 0.3) is 0 Å². The van der Waals surface area contributed by atoms with Crippen LogP contribution in [-0.4, -0.2) is 42.9 Å². The minimum Gasteiger partial charge on any atom is -0.460 e. The van der Waals surface area contributed by atoms with Crippen molar-refractivity contribution in [2.75, 3.05) is 26.0 Å². The van der Waals surface area contributed by atoms with Crippen LogP contribution in [0.1, 0.15) is 110 Å². The molecule has 0 saturated heterocycles. The fourth-order valence-corrected chi connectivity index (χ4v) is 5.38. The average Bonchev–Trinajstić information content (AvgIpc) is 2.87. The molecular weight excluding hydrogens is 489 g/mol. The molecule has 0 amide bonds. The third-order valence-electron chi connectivity index (χ3n) is 6.43. The van der Waals surface area contributed by atoms with Gasteiger partial charge in [0.2, 0.25) is 0 Å². The van der Waals surface area contributed by atoms with Gasteiger partial charge < -0.3 is 18.9 Å². The highest BCUT2D eigenvalue weighted by Crippen LogP contribution is 2.42. The van der Waals surface area contributed by atoms with Crippen molar-refractivity contribution < 1.29 is 32.8 Å². The lowest BCUT2D eigenvalue weighted by Gasteiger charge is -2.19. The minimum absolute atomic E-state index is 0.0768. The molecule has 7 nitrogen and oxygen atoms in total. The summed E-state index contributed by atoms with van der Waals surface area (Å²) in [6.45, 7) is 5.07. The topological polar surface area (TPSA) is 85.9 Å². The van der Waals surface area contributed by atoms with E-state index in [1.54, 1.807) is 0 Å². The Balaban J connectivity index is 2.04. The first-order chi connectivity index (χ1) is 17.9. The second kappa shape index (κ2) is 22.7. The van der Waals surface area contributed by atoms with Crippen LogP contribution in [0.5, 0.6) is 0 Å². The van der Waals surface area contributed by atoms with Crippen molar-refractivity contribution in [3.05, 3.63) is 30.6 Å². The zero-order chi connectivity index (χ0) is 27.0. The van der Waals surface area contributed by atoms with Crippen LogP contribution in [0.2, 0.25) is 0 Å². The third kappa shape index (κ3) is 21.4. The molecule has 2 atom stereocenters. The van der Waals surface area contributed by atoms with E-state index in [4.69, 9.17) is 14.0 Å². The van der Waals surface area contributed by atoms with Gasteiger partial charge in [0.1, 0.15) is 12.7 Å². The van der Waals surface area contributed by atoms with Gasteiger partial charge in [0, 0.05) is 25.7 Å². The van der Waals surface area contributed by atoms with Crippen molar-refractivity contribution in [1.82, 2.24) is 0 Å². The number of unbranched alkanes of at least 4 members (excludes halogenated alkanes) is 13. The molecule has 0 aliphatic rings. The normalized spacial score (nSPS) is 13.8. The fourth-order valence-electron chi connectivity index (χ4n) is 4.27. The molecule has 37 heavy (non-hydrogen) atoms. The SMILES string of the molecule is CCCCCCCCCCCCCCCCOCC(CCP(=O)(O)OCC[n+]1ccccc1)OC(C)=O. The molecule has 0 fully saturated rings. The van der Waals surface area contributed by atoms with E-state index in [1.165, 1.54) is 84.0 Å². The smallest absolute Gasteiger partial charge is 0.328 e. The van der Waals surface area contributed by atoms with Gasteiger partial charge >= 0.3 is 13.6 Å². The number of pyridine rings is 1. The summed E-state index contributed by atoms with van der Waals surface area (Å²) in [5, 5.41) is 0. The number of esters is 1. The maximum absolute atomic E-state index is 12.4. The van der Waals surface area contributed by atoms with E-state index in [9.17, 15) is 14.3 Å². The number of hydrogen-bond acceptors (Lipinski definition) is 5. The van der Waals surface area contributed by atoms with Crippen LogP contribution >= 0.6 is 7.60 Å². The zero-order valence-corrected chi connectivity index (χ0v) is 24.4. The van der Waals surface area contributed by atoms with Gasteiger partial charge in [-0.15, -0.1) is 0 Å². The lowest BCUT2D eigenvalue weighted by molar-refractivity contribution is -0.697. The summed E-state index contributed by atoms with van der Waals surface area (Å²) >= 11 is 0. The lowest BCUT2D eigenvalue weighted by Crippen LogP contribution is -2.34. The summed E-state index contributed by atoms with van der Waals surface area (Å²) in [5.41, 5.74) is 0.